The summed E-state index contributed by atoms with van der Waals surface area (Å²) in [5.74, 6) is 0.356. The Labute approximate surface area is 132 Å². The van der Waals surface area contributed by atoms with Crippen LogP contribution in [0.15, 0.2) is 24.3 Å². The minimum Gasteiger partial charge on any atom is -0.388 e. The van der Waals surface area contributed by atoms with Gasteiger partial charge in [-0.15, -0.1) is 0 Å². The molecule has 1 aromatic rings. The highest BCUT2D eigenvalue weighted by molar-refractivity contribution is 6.30. The Bertz CT molecular complexity index is 402. The number of likely N-dealkylation sites (tertiary alicyclic amines) is 1. The van der Waals surface area contributed by atoms with Gasteiger partial charge in [0.25, 0.3) is 0 Å². The Balaban J connectivity index is 1.74. The van der Waals surface area contributed by atoms with Crippen molar-refractivity contribution in [1.82, 2.24) is 4.90 Å². The predicted octanol–water partition coefficient (Wildman–Crippen LogP) is 3.51. The third-order valence-electron chi connectivity index (χ3n) is 4.26. The maximum absolute atomic E-state index is 10.5. The van der Waals surface area contributed by atoms with E-state index in [2.05, 4.69) is 4.90 Å². The molecule has 21 heavy (non-hydrogen) atoms. The third-order valence-corrected chi connectivity index (χ3v) is 4.51. The molecule has 0 radical (unpaired) electrons. The molecule has 1 fully saturated rings. The number of hydrogen-bond donors (Lipinski definition) is 1. The van der Waals surface area contributed by atoms with Crippen molar-refractivity contribution < 1.29 is 9.84 Å². The fourth-order valence-electron chi connectivity index (χ4n) is 2.96. The molecule has 1 saturated heterocycles. The zero-order chi connectivity index (χ0) is 15.1. The fourth-order valence-corrected chi connectivity index (χ4v) is 3.08. The number of nitrogens with zero attached hydrogens (tertiary/aromatic N) is 1. The molecular formula is C17H26ClNO2. The van der Waals surface area contributed by atoms with E-state index < -0.39 is 0 Å². The molecule has 0 aliphatic carbocycles. The second-order valence-corrected chi connectivity index (χ2v) is 6.16. The summed E-state index contributed by atoms with van der Waals surface area (Å²) in [5.41, 5.74) is 0.981. The minimum atomic E-state index is -0.368. The van der Waals surface area contributed by atoms with E-state index in [1.54, 1.807) is 0 Å². The summed E-state index contributed by atoms with van der Waals surface area (Å²) in [4.78, 5) is 2.48. The first kappa shape index (κ1) is 16.8. The lowest BCUT2D eigenvalue weighted by atomic mass is 9.87. The van der Waals surface area contributed by atoms with Gasteiger partial charge < -0.3 is 14.7 Å². The first-order valence-electron chi connectivity index (χ1n) is 7.94. The minimum absolute atomic E-state index is 0.356. The van der Waals surface area contributed by atoms with Crippen LogP contribution in [-0.2, 0) is 4.74 Å². The topological polar surface area (TPSA) is 32.7 Å². The number of halogens is 1. The highest BCUT2D eigenvalue weighted by Gasteiger charge is 2.25. The van der Waals surface area contributed by atoms with Crippen molar-refractivity contribution in [1.29, 1.82) is 0 Å². The van der Waals surface area contributed by atoms with Gasteiger partial charge in [-0.3, -0.25) is 0 Å². The van der Waals surface area contributed by atoms with Gasteiger partial charge in [-0.25, -0.2) is 0 Å². The largest absolute Gasteiger partial charge is 0.388 e. The molecule has 0 spiro atoms. The molecule has 1 aliphatic rings. The van der Waals surface area contributed by atoms with Crippen LogP contribution in [0.4, 0.5) is 0 Å². The Hall–Kier alpha value is -0.610. The van der Waals surface area contributed by atoms with E-state index in [1.165, 1.54) is 0 Å². The summed E-state index contributed by atoms with van der Waals surface area (Å²) in [5, 5.41) is 11.2. The summed E-state index contributed by atoms with van der Waals surface area (Å²) in [6.45, 7) is 6.93. The first-order valence-corrected chi connectivity index (χ1v) is 8.32. The van der Waals surface area contributed by atoms with Crippen LogP contribution >= 0.6 is 11.6 Å². The zero-order valence-corrected chi connectivity index (χ0v) is 13.6. The van der Waals surface area contributed by atoms with Crippen molar-refractivity contribution in [3.05, 3.63) is 34.9 Å². The molecule has 0 aromatic heterocycles. The Morgan fingerprint density at radius 3 is 2.57 bits per heavy atom. The molecule has 1 heterocycles. The van der Waals surface area contributed by atoms with Crippen molar-refractivity contribution in [2.75, 3.05) is 32.8 Å². The molecule has 118 valence electrons. The Morgan fingerprint density at radius 2 is 1.95 bits per heavy atom. The number of piperidine rings is 1. The molecule has 1 unspecified atom stereocenters. The lowest BCUT2D eigenvalue weighted by Crippen LogP contribution is -2.36. The first-order chi connectivity index (χ1) is 10.2. The molecule has 1 aliphatic heterocycles. The standard InChI is InChI=1S/C17H26ClNO2/c1-2-21-13-3-10-19-11-8-15(9-12-19)17(20)14-4-6-16(18)7-5-14/h4-7,15,17,20H,2-3,8-13H2,1H3. The van der Waals surface area contributed by atoms with Gasteiger partial charge in [-0.1, -0.05) is 23.7 Å². The number of aliphatic hydroxyl groups is 1. The maximum atomic E-state index is 10.5. The van der Waals surface area contributed by atoms with Crippen LogP contribution in [0, 0.1) is 5.92 Å². The molecule has 0 amide bonds. The number of ether oxygens (including phenoxy) is 1. The van der Waals surface area contributed by atoms with Crippen LogP contribution in [0.3, 0.4) is 0 Å². The summed E-state index contributed by atoms with van der Waals surface area (Å²) >= 11 is 5.89. The van der Waals surface area contributed by atoms with Gasteiger partial charge in [0.15, 0.2) is 0 Å². The van der Waals surface area contributed by atoms with E-state index in [1.807, 2.05) is 31.2 Å². The SMILES string of the molecule is CCOCCCN1CCC(C(O)c2ccc(Cl)cc2)CC1. The van der Waals surface area contributed by atoms with E-state index in [9.17, 15) is 5.11 Å². The highest BCUT2D eigenvalue weighted by Crippen LogP contribution is 2.31. The normalized spacial score (nSPS) is 18.8. The van der Waals surface area contributed by atoms with Crippen LogP contribution < -0.4 is 0 Å². The smallest absolute Gasteiger partial charge is 0.0819 e. The van der Waals surface area contributed by atoms with Gasteiger partial charge in [0, 0.05) is 24.8 Å². The van der Waals surface area contributed by atoms with Crippen molar-refractivity contribution in [3.8, 4) is 0 Å². The van der Waals surface area contributed by atoms with E-state index >= 15 is 0 Å². The predicted molar refractivity (Wildman–Crippen MR) is 86.7 cm³/mol. The summed E-state index contributed by atoms with van der Waals surface area (Å²) in [6.07, 6.45) is 2.84. The monoisotopic (exact) mass is 311 g/mol. The molecule has 0 saturated carbocycles. The quantitative estimate of drug-likeness (QED) is 0.782. The van der Waals surface area contributed by atoms with E-state index in [-0.39, 0.29) is 6.10 Å². The molecule has 3 nitrogen and oxygen atoms in total. The summed E-state index contributed by atoms with van der Waals surface area (Å²) < 4.78 is 5.37. The fraction of sp³-hybridized carbons (Fsp3) is 0.647. The second kappa shape index (κ2) is 8.74. The van der Waals surface area contributed by atoms with E-state index in [4.69, 9.17) is 16.3 Å². The molecule has 0 bridgehead atoms. The van der Waals surface area contributed by atoms with Gasteiger partial charge in [0.05, 0.1) is 6.10 Å². The van der Waals surface area contributed by atoms with E-state index in [0.717, 1.165) is 62.7 Å². The van der Waals surface area contributed by atoms with Gasteiger partial charge in [-0.2, -0.15) is 0 Å². The molecular weight excluding hydrogens is 286 g/mol. The van der Waals surface area contributed by atoms with Crippen LogP contribution in [-0.4, -0.2) is 42.9 Å². The van der Waals surface area contributed by atoms with Crippen LogP contribution in [0.5, 0.6) is 0 Å². The van der Waals surface area contributed by atoms with Crippen molar-refractivity contribution in [2.45, 2.75) is 32.3 Å². The van der Waals surface area contributed by atoms with Gasteiger partial charge in [0.1, 0.15) is 0 Å². The summed E-state index contributed by atoms with van der Waals surface area (Å²) in [6, 6.07) is 7.56. The molecule has 1 atom stereocenters. The Morgan fingerprint density at radius 1 is 1.29 bits per heavy atom. The van der Waals surface area contributed by atoms with Crippen LogP contribution in [0.2, 0.25) is 5.02 Å². The van der Waals surface area contributed by atoms with Gasteiger partial charge in [0.2, 0.25) is 0 Å². The lowest BCUT2D eigenvalue weighted by molar-refractivity contribution is 0.0546. The lowest BCUT2D eigenvalue weighted by Gasteiger charge is -2.34. The maximum Gasteiger partial charge on any atom is 0.0819 e. The third kappa shape index (κ3) is 5.26. The van der Waals surface area contributed by atoms with Crippen molar-refractivity contribution in [2.24, 2.45) is 5.92 Å². The zero-order valence-electron chi connectivity index (χ0n) is 12.8. The molecule has 1 aromatic carbocycles. The molecule has 4 heteroatoms. The molecule has 2 rings (SSSR count). The van der Waals surface area contributed by atoms with Gasteiger partial charge >= 0.3 is 0 Å². The van der Waals surface area contributed by atoms with Crippen LogP contribution in [0.25, 0.3) is 0 Å². The van der Waals surface area contributed by atoms with Crippen LogP contribution in [0.1, 0.15) is 37.9 Å². The average molecular weight is 312 g/mol. The second-order valence-electron chi connectivity index (χ2n) is 5.73. The Kier molecular flexibility index (Phi) is 6.97. The van der Waals surface area contributed by atoms with Crippen molar-refractivity contribution >= 4 is 11.6 Å². The highest BCUT2D eigenvalue weighted by atomic mass is 35.5. The summed E-state index contributed by atoms with van der Waals surface area (Å²) in [7, 11) is 0. The number of hydrogen-bond acceptors (Lipinski definition) is 3. The molecule has 1 N–H and O–H groups in total. The number of rotatable bonds is 7. The van der Waals surface area contributed by atoms with E-state index in [0.29, 0.717) is 5.92 Å². The number of benzene rings is 1. The van der Waals surface area contributed by atoms with Gasteiger partial charge in [-0.05, 0) is 62.9 Å². The van der Waals surface area contributed by atoms with Crippen molar-refractivity contribution in [3.63, 3.8) is 0 Å². The average Bonchev–Trinajstić information content (AvgIpc) is 2.52. The number of aliphatic hydroxyl groups excluding tert-OH is 1.